The van der Waals surface area contributed by atoms with Crippen LogP contribution in [0.5, 0.6) is 0 Å². The molecule has 1 aliphatic rings. The van der Waals surface area contributed by atoms with Crippen LogP contribution in [0.25, 0.3) is 0 Å². The Kier molecular flexibility index (Phi) is 4.99. The first-order chi connectivity index (χ1) is 10.0. The first-order valence-corrected chi connectivity index (χ1v) is 7.69. The van der Waals surface area contributed by atoms with E-state index < -0.39 is 0 Å². The molecule has 0 bridgehead atoms. The number of anilines is 1. The van der Waals surface area contributed by atoms with E-state index in [2.05, 4.69) is 18.3 Å². The zero-order chi connectivity index (χ0) is 15.4. The van der Waals surface area contributed by atoms with Gasteiger partial charge < -0.3 is 10.2 Å². The molecule has 0 radical (unpaired) electrons. The SMILES string of the molecule is CCc1cccc(C)c1N(CCNC(=O)C1CC1)C(C)=O. The first kappa shape index (κ1) is 15.5. The number of aryl methyl sites for hydroxylation is 2. The van der Waals surface area contributed by atoms with Crippen LogP contribution in [-0.2, 0) is 16.0 Å². The van der Waals surface area contributed by atoms with E-state index in [-0.39, 0.29) is 17.7 Å². The van der Waals surface area contributed by atoms with Crippen molar-refractivity contribution in [3.05, 3.63) is 29.3 Å². The molecule has 0 heterocycles. The molecule has 1 N–H and O–H groups in total. The fourth-order valence-electron chi connectivity index (χ4n) is 2.60. The fourth-order valence-corrected chi connectivity index (χ4v) is 2.60. The Hall–Kier alpha value is -1.84. The number of hydrogen-bond acceptors (Lipinski definition) is 2. The van der Waals surface area contributed by atoms with Crippen molar-refractivity contribution in [1.29, 1.82) is 0 Å². The monoisotopic (exact) mass is 288 g/mol. The van der Waals surface area contributed by atoms with E-state index in [1.165, 1.54) is 5.56 Å². The van der Waals surface area contributed by atoms with Gasteiger partial charge in [-0.2, -0.15) is 0 Å². The third-order valence-electron chi connectivity index (χ3n) is 3.94. The average molecular weight is 288 g/mol. The fraction of sp³-hybridized carbons (Fsp3) is 0.529. The van der Waals surface area contributed by atoms with Crippen molar-refractivity contribution in [2.45, 2.75) is 40.0 Å². The molecular formula is C17H24N2O2. The van der Waals surface area contributed by atoms with Crippen LogP contribution in [-0.4, -0.2) is 24.9 Å². The lowest BCUT2D eigenvalue weighted by molar-refractivity contribution is -0.122. The van der Waals surface area contributed by atoms with Gasteiger partial charge in [0.25, 0.3) is 0 Å². The third-order valence-corrected chi connectivity index (χ3v) is 3.94. The topological polar surface area (TPSA) is 49.4 Å². The molecule has 0 aromatic heterocycles. The second kappa shape index (κ2) is 6.74. The van der Waals surface area contributed by atoms with Crippen molar-refractivity contribution in [3.63, 3.8) is 0 Å². The maximum atomic E-state index is 12.0. The second-order valence-electron chi connectivity index (χ2n) is 5.67. The molecule has 1 saturated carbocycles. The van der Waals surface area contributed by atoms with Crippen LogP contribution in [0.2, 0.25) is 0 Å². The van der Waals surface area contributed by atoms with Gasteiger partial charge >= 0.3 is 0 Å². The summed E-state index contributed by atoms with van der Waals surface area (Å²) in [6, 6.07) is 6.10. The molecule has 1 aromatic rings. The number of nitrogens with zero attached hydrogens (tertiary/aromatic N) is 1. The van der Waals surface area contributed by atoms with Gasteiger partial charge in [0, 0.05) is 31.6 Å². The molecule has 0 atom stereocenters. The van der Waals surface area contributed by atoms with Gasteiger partial charge in [0.1, 0.15) is 0 Å². The van der Waals surface area contributed by atoms with Crippen molar-refractivity contribution in [1.82, 2.24) is 5.32 Å². The Morgan fingerprint density at radius 2 is 2.05 bits per heavy atom. The van der Waals surface area contributed by atoms with E-state index in [0.717, 1.165) is 30.5 Å². The minimum atomic E-state index is 0.0136. The number of amides is 2. The lowest BCUT2D eigenvalue weighted by Crippen LogP contribution is -2.38. The van der Waals surface area contributed by atoms with Gasteiger partial charge in [-0.15, -0.1) is 0 Å². The van der Waals surface area contributed by atoms with Crippen molar-refractivity contribution >= 4 is 17.5 Å². The highest BCUT2D eigenvalue weighted by molar-refractivity contribution is 5.93. The molecule has 114 valence electrons. The van der Waals surface area contributed by atoms with E-state index >= 15 is 0 Å². The predicted molar refractivity (Wildman–Crippen MR) is 84.3 cm³/mol. The molecule has 1 fully saturated rings. The minimum Gasteiger partial charge on any atom is -0.354 e. The molecule has 4 heteroatoms. The third kappa shape index (κ3) is 3.84. The van der Waals surface area contributed by atoms with Crippen LogP contribution in [0.3, 0.4) is 0 Å². The Morgan fingerprint density at radius 1 is 1.33 bits per heavy atom. The molecule has 1 aliphatic carbocycles. The summed E-state index contributed by atoms with van der Waals surface area (Å²) in [5.74, 6) is 0.346. The lowest BCUT2D eigenvalue weighted by atomic mass is 10.0. The molecule has 21 heavy (non-hydrogen) atoms. The van der Waals surface area contributed by atoms with Crippen LogP contribution in [0.4, 0.5) is 5.69 Å². The van der Waals surface area contributed by atoms with Crippen molar-refractivity contribution in [2.24, 2.45) is 5.92 Å². The van der Waals surface area contributed by atoms with Gasteiger partial charge in [-0.25, -0.2) is 0 Å². The number of carbonyl (C=O) groups is 2. The highest BCUT2D eigenvalue weighted by Crippen LogP contribution is 2.29. The van der Waals surface area contributed by atoms with E-state index in [9.17, 15) is 9.59 Å². The molecule has 0 saturated heterocycles. The quantitative estimate of drug-likeness (QED) is 0.874. The number of carbonyl (C=O) groups excluding carboxylic acids is 2. The van der Waals surface area contributed by atoms with Gasteiger partial charge in [0.05, 0.1) is 0 Å². The molecule has 2 amide bonds. The Balaban J connectivity index is 2.08. The zero-order valence-electron chi connectivity index (χ0n) is 13.1. The number of hydrogen-bond donors (Lipinski definition) is 1. The van der Waals surface area contributed by atoms with Crippen LogP contribution >= 0.6 is 0 Å². The number of para-hydroxylation sites is 1. The minimum absolute atomic E-state index is 0.0136. The molecule has 1 aromatic carbocycles. The summed E-state index contributed by atoms with van der Waals surface area (Å²) < 4.78 is 0. The summed E-state index contributed by atoms with van der Waals surface area (Å²) in [6.07, 6.45) is 2.88. The van der Waals surface area contributed by atoms with Crippen LogP contribution in [0.1, 0.15) is 37.8 Å². The van der Waals surface area contributed by atoms with Crippen LogP contribution < -0.4 is 10.2 Å². The maximum Gasteiger partial charge on any atom is 0.223 e. The second-order valence-corrected chi connectivity index (χ2v) is 5.67. The Labute approximate surface area is 126 Å². The van der Waals surface area contributed by atoms with E-state index in [1.54, 1.807) is 11.8 Å². The Bertz CT molecular complexity index is 536. The largest absolute Gasteiger partial charge is 0.354 e. The smallest absolute Gasteiger partial charge is 0.223 e. The van der Waals surface area contributed by atoms with Gasteiger partial charge in [0.15, 0.2) is 0 Å². The first-order valence-electron chi connectivity index (χ1n) is 7.69. The van der Waals surface area contributed by atoms with Gasteiger partial charge in [-0.05, 0) is 37.3 Å². The van der Waals surface area contributed by atoms with E-state index in [4.69, 9.17) is 0 Å². The summed E-state index contributed by atoms with van der Waals surface area (Å²) in [6.45, 7) is 6.71. The van der Waals surface area contributed by atoms with Crippen LogP contribution in [0, 0.1) is 12.8 Å². The number of benzene rings is 1. The summed E-state index contributed by atoms with van der Waals surface area (Å²) in [4.78, 5) is 25.4. The van der Waals surface area contributed by atoms with Crippen molar-refractivity contribution in [3.8, 4) is 0 Å². The molecule has 0 unspecified atom stereocenters. The summed E-state index contributed by atoms with van der Waals surface area (Å²) in [5, 5.41) is 2.92. The molecule has 4 nitrogen and oxygen atoms in total. The number of rotatable bonds is 6. The van der Waals surface area contributed by atoms with E-state index in [0.29, 0.717) is 13.1 Å². The van der Waals surface area contributed by atoms with Crippen molar-refractivity contribution in [2.75, 3.05) is 18.0 Å². The Morgan fingerprint density at radius 3 is 2.62 bits per heavy atom. The molecule has 0 spiro atoms. The highest BCUT2D eigenvalue weighted by Gasteiger charge is 2.29. The molecule has 2 rings (SSSR count). The molecular weight excluding hydrogens is 264 g/mol. The van der Waals surface area contributed by atoms with Gasteiger partial charge in [-0.3, -0.25) is 9.59 Å². The van der Waals surface area contributed by atoms with Gasteiger partial charge in [0.2, 0.25) is 11.8 Å². The van der Waals surface area contributed by atoms with Crippen LogP contribution in [0.15, 0.2) is 18.2 Å². The number of nitrogens with one attached hydrogen (secondary N) is 1. The van der Waals surface area contributed by atoms with Gasteiger partial charge in [-0.1, -0.05) is 25.1 Å². The highest BCUT2D eigenvalue weighted by atomic mass is 16.2. The maximum absolute atomic E-state index is 12.0. The zero-order valence-corrected chi connectivity index (χ0v) is 13.1. The molecule has 0 aliphatic heterocycles. The predicted octanol–water partition coefficient (Wildman–Crippen LogP) is 2.44. The summed E-state index contributed by atoms with van der Waals surface area (Å²) in [5.41, 5.74) is 3.25. The van der Waals surface area contributed by atoms with E-state index in [1.807, 2.05) is 19.1 Å². The standard InChI is InChI=1S/C17H24N2O2/c1-4-14-7-5-6-12(2)16(14)19(13(3)20)11-10-18-17(21)15-8-9-15/h5-7,15H,4,8-11H2,1-3H3,(H,18,21). The summed E-state index contributed by atoms with van der Waals surface area (Å²) in [7, 11) is 0. The lowest BCUT2D eigenvalue weighted by Gasteiger charge is -2.26. The van der Waals surface area contributed by atoms with Crippen molar-refractivity contribution < 1.29 is 9.59 Å². The summed E-state index contributed by atoms with van der Waals surface area (Å²) >= 11 is 0. The average Bonchev–Trinajstić information content (AvgIpc) is 3.28. The normalized spacial score (nSPS) is 13.9.